The molecule has 206 valence electrons. The molecule has 3 heterocycles. The standard InChI is InChI=1S/C29H37BrN2O6/c1-4-7-11-15-37-28(36)22-23-26(34)32(20(6-3)18-33)25(29(23)16-21(30)24(22)38-29)27(35)31(14-5-2)17-19-12-9-8-10-13-19/h4-5,8-10,12-13,20-25,33H,1-2,6-7,11,14-18H2,3H3/t20-,21?,22+,23-,24+,25?,29?/m0/s1. The number of halogens is 1. The summed E-state index contributed by atoms with van der Waals surface area (Å²) in [6.07, 6.45) is 5.04. The van der Waals surface area contributed by atoms with Crippen molar-refractivity contribution in [1.82, 2.24) is 9.80 Å². The summed E-state index contributed by atoms with van der Waals surface area (Å²) < 4.78 is 12.1. The molecule has 3 aliphatic rings. The van der Waals surface area contributed by atoms with Crippen LogP contribution in [0.4, 0.5) is 0 Å². The Hall–Kier alpha value is -2.49. The summed E-state index contributed by atoms with van der Waals surface area (Å²) in [6, 6.07) is 8.05. The Bertz CT molecular complexity index is 1050. The molecule has 2 bridgehead atoms. The molecule has 3 fully saturated rings. The lowest BCUT2D eigenvalue weighted by atomic mass is 9.70. The highest BCUT2D eigenvalue weighted by molar-refractivity contribution is 9.09. The monoisotopic (exact) mass is 588 g/mol. The minimum Gasteiger partial charge on any atom is -0.465 e. The topological polar surface area (TPSA) is 96.4 Å². The molecule has 0 saturated carbocycles. The molecule has 7 atom stereocenters. The van der Waals surface area contributed by atoms with Gasteiger partial charge in [-0.3, -0.25) is 14.4 Å². The predicted molar refractivity (Wildman–Crippen MR) is 146 cm³/mol. The maximum atomic E-state index is 14.4. The van der Waals surface area contributed by atoms with Crippen LogP contribution in [0.3, 0.4) is 0 Å². The van der Waals surface area contributed by atoms with Crippen LogP contribution in [0.2, 0.25) is 0 Å². The zero-order valence-corrected chi connectivity index (χ0v) is 23.4. The van der Waals surface area contributed by atoms with Gasteiger partial charge in [0, 0.05) is 17.9 Å². The number of hydrogen-bond donors (Lipinski definition) is 1. The van der Waals surface area contributed by atoms with Gasteiger partial charge >= 0.3 is 5.97 Å². The highest BCUT2D eigenvalue weighted by atomic mass is 79.9. The summed E-state index contributed by atoms with van der Waals surface area (Å²) in [5, 5.41) is 10.2. The zero-order valence-electron chi connectivity index (χ0n) is 21.8. The lowest BCUT2D eigenvalue weighted by Gasteiger charge is -2.39. The van der Waals surface area contributed by atoms with Crippen molar-refractivity contribution >= 4 is 33.7 Å². The van der Waals surface area contributed by atoms with E-state index in [1.807, 2.05) is 37.3 Å². The Labute approximate surface area is 232 Å². The van der Waals surface area contributed by atoms with E-state index < -0.39 is 41.6 Å². The average molecular weight is 590 g/mol. The number of aliphatic hydroxyl groups excluding tert-OH is 1. The third-order valence-electron chi connectivity index (χ3n) is 7.98. The number of alkyl halides is 1. The highest BCUT2D eigenvalue weighted by Crippen LogP contribution is 2.60. The summed E-state index contributed by atoms with van der Waals surface area (Å²) >= 11 is 3.67. The average Bonchev–Trinajstić information content (AvgIpc) is 3.51. The number of aliphatic hydroxyl groups is 1. The van der Waals surface area contributed by atoms with E-state index in [1.54, 1.807) is 17.1 Å². The zero-order chi connectivity index (χ0) is 27.4. The Morgan fingerprint density at radius 2 is 2.05 bits per heavy atom. The summed E-state index contributed by atoms with van der Waals surface area (Å²) in [6.45, 7) is 9.92. The van der Waals surface area contributed by atoms with Crippen molar-refractivity contribution in [3.63, 3.8) is 0 Å². The molecule has 1 aromatic carbocycles. The molecule has 0 radical (unpaired) electrons. The second kappa shape index (κ2) is 12.1. The molecule has 2 amide bonds. The second-order valence-electron chi connectivity index (χ2n) is 10.2. The first-order valence-electron chi connectivity index (χ1n) is 13.3. The quantitative estimate of drug-likeness (QED) is 0.164. The highest BCUT2D eigenvalue weighted by Gasteiger charge is 2.77. The van der Waals surface area contributed by atoms with Crippen LogP contribution in [-0.4, -0.2) is 81.1 Å². The van der Waals surface area contributed by atoms with Crippen molar-refractivity contribution in [2.45, 2.75) is 67.8 Å². The molecule has 3 unspecified atom stereocenters. The van der Waals surface area contributed by atoms with Gasteiger partial charge in [-0.25, -0.2) is 0 Å². The normalized spacial score (nSPS) is 30.1. The maximum Gasteiger partial charge on any atom is 0.312 e. The van der Waals surface area contributed by atoms with Crippen molar-refractivity contribution in [2.24, 2.45) is 11.8 Å². The van der Waals surface area contributed by atoms with Gasteiger partial charge in [-0.05, 0) is 31.2 Å². The maximum absolute atomic E-state index is 14.4. The fourth-order valence-corrected chi connectivity index (χ4v) is 7.23. The van der Waals surface area contributed by atoms with Crippen LogP contribution in [0, 0.1) is 11.8 Å². The number of esters is 1. The van der Waals surface area contributed by atoms with Crippen molar-refractivity contribution in [2.75, 3.05) is 19.8 Å². The third-order valence-corrected chi connectivity index (χ3v) is 8.83. The first-order valence-corrected chi connectivity index (χ1v) is 14.2. The van der Waals surface area contributed by atoms with Crippen molar-refractivity contribution < 1.29 is 29.0 Å². The number of amides is 2. The minimum absolute atomic E-state index is 0.219. The lowest BCUT2D eigenvalue weighted by Crippen LogP contribution is -2.58. The van der Waals surface area contributed by atoms with E-state index in [0.29, 0.717) is 32.2 Å². The molecule has 8 nitrogen and oxygen atoms in total. The van der Waals surface area contributed by atoms with Gasteiger partial charge < -0.3 is 24.4 Å². The second-order valence-corrected chi connectivity index (χ2v) is 11.4. The lowest BCUT2D eigenvalue weighted by molar-refractivity contribution is -0.156. The number of nitrogens with zero attached hydrogens (tertiary/aromatic N) is 2. The van der Waals surface area contributed by atoms with Gasteiger partial charge in [-0.15, -0.1) is 13.2 Å². The summed E-state index contributed by atoms with van der Waals surface area (Å²) in [5.41, 5.74) is -0.256. The molecular weight excluding hydrogens is 552 g/mol. The Balaban J connectivity index is 1.71. The molecule has 9 heteroatoms. The summed E-state index contributed by atoms with van der Waals surface area (Å²) in [4.78, 5) is 44.7. The van der Waals surface area contributed by atoms with Crippen molar-refractivity contribution in [3.05, 3.63) is 61.2 Å². The van der Waals surface area contributed by atoms with Gasteiger partial charge in [0.25, 0.3) is 0 Å². The van der Waals surface area contributed by atoms with Crippen molar-refractivity contribution in [1.29, 1.82) is 0 Å². The van der Waals surface area contributed by atoms with Crippen LogP contribution in [0.15, 0.2) is 55.6 Å². The van der Waals surface area contributed by atoms with Gasteiger partial charge in [-0.2, -0.15) is 0 Å². The first kappa shape index (κ1) is 28.5. The van der Waals surface area contributed by atoms with Crippen LogP contribution in [0.5, 0.6) is 0 Å². The molecule has 3 aliphatic heterocycles. The molecule has 3 saturated heterocycles. The number of fused-ring (bicyclic) bond motifs is 1. The van der Waals surface area contributed by atoms with Gasteiger partial charge in [0.05, 0.1) is 37.2 Å². The molecule has 1 aromatic rings. The number of ether oxygens (including phenoxy) is 2. The van der Waals surface area contributed by atoms with E-state index in [4.69, 9.17) is 9.47 Å². The number of allylic oxidation sites excluding steroid dienone is 1. The molecular formula is C29H37BrN2O6. The number of carbonyl (C=O) groups is 3. The van der Waals surface area contributed by atoms with E-state index in [-0.39, 0.29) is 36.4 Å². The molecule has 38 heavy (non-hydrogen) atoms. The van der Waals surface area contributed by atoms with Gasteiger partial charge in [-0.1, -0.05) is 65.3 Å². The molecule has 0 aliphatic carbocycles. The van der Waals surface area contributed by atoms with Gasteiger partial charge in [0.1, 0.15) is 11.6 Å². The van der Waals surface area contributed by atoms with E-state index in [0.717, 1.165) is 5.56 Å². The van der Waals surface area contributed by atoms with Crippen LogP contribution in [0.1, 0.15) is 38.2 Å². The number of carbonyl (C=O) groups excluding carboxylic acids is 3. The van der Waals surface area contributed by atoms with Crippen LogP contribution in [-0.2, 0) is 30.4 Å². The summed E-state index contributed by atoms with van der Waals surface area (Å²) in [5.74, 6) is -2.79. The number of benzene rings is 1. The smallest absolute Gasteiger partial charge is 0.312 e. The minimum atomic E-state index is -1.20. The SMILES string of the molecule is C=CCCCOC(=O)[C@H]1[C@@H]2OC3(CC2Br)C(C(=O)N(CC=C)Cc2ccccc2)N([C@@H](CC)CO)C(=O)[C@H]13. The fourth-order valence-electron chi connectivity index (χ4n) is 6.28. The van der Waals surface area contributed by atoms with E-state index >= 15 is 0 Å². The molecule has 4 rings (SSSR count). The molecule has 1 spiro atoms. The van der Waals surface area contributed by atoms with Crippen LogP contribution < -0.4 is 0 Å². The number of hydrogen-bond acceptors (Lipinski definition) is 6. The van der Waals surface area contributed by atoms with Crippen LogP contribution in [0.25, 0.3) is 0 Å². The number of rotatable bonds is 13. The number of unbranched alkanes of at least 4 members (excludes halogenated alkanes) is 1. The van der Waals surface area contributed by atoms with Crippen LogP contribution >= 0.6 is 15.9 Å². The Morgan fingerprint density at radius 1 is 1.32 bits per heavy atom. The van der Waals surface area contributed by atoms with Crippen molar-refractivity contribution in [3.8, 4) is 0 Å². The van der Waals surface area contributed by atoms with Gasteiger partial charge in [0.15, 0.2) is 0 Å². The Morgan fingerprint density at radius 3 is 2.68 bits per heavy atom. The molecule has 1 N–H and O–H groups in total. The summed E-state index contributed by atoms with van der Waals surface area (Å²) in [7, 11) is 0. The van der Waals surface area contributed by atoms with E-state index in [9.17, 15) is 19.5 Å². The van der Waals surface area contributed by atoms with E-state index in [1.165, 1.54) is 4.90 Å². The molecule has 0 aromatic heterocycles. The largest absolute Gasteiger partial charge is 0.465 e. The Kier molecular flexibility index (Phi) is 9.11. The first-order chi connectivity index (χ1) is 18.3. The van der Waals surface area contributed by atoms with E-state index in [2.05, 4.69) is 29.1 Å². The predicted octanol–water partition coefficient (Wildman–Crippen LogP) is 3.23. The number of likely N-dealkylation sites (tertiary alicyclic amines) is 1. The third kappa shape index (κ3) is 4.96. The van der Waals surface area contributed by atoms with Gasteiger partial charge in [0.2, 0.25) is 11.8 Å². The fraction of sp³-hybridized carbons (Fsp3) is 0.552.